The summed E-state index contributed by atoms with van der Waals surface area (Å²) in [5.41, 5.74) is 2.28. The number of carbonyl (C=O) groups excluding carboxylic acids is 2. The van der Waals surface area contributed by atoms with Crippen LogP contribution < -0.4 is 10.1 Å². The molecule has 0 fully saturated rings. The van der Waals surface area contributed by atoms with Crippen LogP contribution in [0.3, 0.4) is 0 Å². The lowest BCUT2D eigenvalue weighted by molar-refractivity contribution is -0.152. The molecule has 0 saturated heterocycles. The molecule has 0 aliphatic rings. The van der Waals surface area contributed by atoms with Gasteiger partial charge < -0.3 is 14.8 Å². The molecule has 2 aromatic rings. The van der Waals surface area contributed by atoms with E-state index in [1.54, 1.807) is 36.4 Å². The minimum Gasteiger partial charge on any atom is -0.465 e. The van der Waals surface area contributed by atoms with Gasteiger partial charge in [-0.2, -0.15) is 5.26 Å². The Bertz CT molecular complexity index is 777. The van der Waals surface area contributed by atoms with E-state index in [4.69, 9.17) is 10.00 Å². The lowest BCUT2D eigenvalue weighted by Gasteiger charge is -2.18. The average molecular weight is 338 g/mol. The molecule has 1 amide bonds. The molecule has 0 spiro atoms. The van der Waals surface area contributed by atoms with Gasteiger partial charge in [-0.3, -0.25) is 4.79 Å². The van der Waals surface area contributed by atoms with E-state index in [0.29, 0.717) is 11.3 Å². The van der Waals surface area contributed by atoms with Crippen molar-refractivity contribution in [1.29, 1.82) is 5.26 Å². The minimum atomic E-state index is -1.24. The zero-order valence-corrected chi connectivity index (χ0v) is 14.0. The second-order valence-electron chi connectivity index (χ2n) is 5.39. The normalized spacial score (nSPS) is 11.1. The van der Waals surface area contributed by atoms with Crippen LogP contribution in [0.25, 0.3) is 0 Å². The summed E-state index contributed by atoms with van der Waals surface area (Å²) in [5.74, 6) is -0.652. The van der Waals surface area contributed by atoms with Gasteiger partial charge in [-0.05, 0) is 36.8 Å². The average Bonchev–Trinajstić information content (AvgIpc) is 2.63. The quantitative estimate of drug-likeness (QED) is 0.644. The summed E-state index contributed by atoms with van der Waals surface area (Å²) in [7, 11) is 1.22. The topological polar surface area (TPSA) is 88.4 Å². The smallest absolute Gasteiger partial charge is 0.368 e. The predicted octanol–water partition coefficient (Wildman–Crippen LogP) is 2.10. The predicted molar refractivity (Wildman–Crippen MR) is 90.6 cm³/mol. The fourth-order valence-electron chi connectivity index (χ4n) is 2.08. The highest BCUT2D eigenvalue weighted by Crippen LogP contribution is 2.13. The third kappa shape index (κ3) is 5.36. The minimum absolute atomic E-state index is 0.0520. The zero-order valence-electron chi connectivity index (χ0n) is 14.0. The van der Waals surface area contributed by atoms with Crippen molar-refractivity contribution in [3.63, 3.8) is 0 Å². The van der Waals surface area contributed by atoms with E-state index >= 15 is 0 Å². The maximum Gasteiger partial charge on any atom is 0.368 e. The zero-order chi connectivity index (χ0) is 18.2. The van der Waals surface area contributed by atoms with Crippen molar-refractivity contribution in [3.05, 3.63) is 65.2 Å². The molecule has 6 heteroatoms. The largest absolute Gasteiger partial charge is 0.465 e. The summed E-state index contributed by atoms with van der Waals surface area (Å²) in [6.07, 6.45) is -1.19. The number of esters is 1. The van der Waals surface area contributed by atoms with E-state index in [1.807, 2.05) is 25.1 Å². The van der Waals surface area contributed by atoms with Gasteiger partial charge in [-0.25, -0.2) is 4.79 Å². The van der Waals surface area contributed by atoms with Crippen LogP contribution >= 0.6 is 0 Å². The van der Waals surface area contributed by atoms with Crippen LogP contribution in [0.2, 0.25) is 0 Å². The number of nitrogens with zero attached hydrogens (tertiary/aromatic N) is 1. The molecule has 2 aromatic carbocycles. The van der Waals surface area contributed by atoms with Gasteiger partial charge in [0.05, 0.1) is 25.2 Å². The fraction of sp³-hybridized carbons (Fsp3) is 0.211. The van der Waals surface area contributed by atoms with Crippen molar-refractivity contribution in [2.75, 3.05) is 7.11 Å². The van der Waals surface area contributed by atoms with Gasteiger partial charge in [0, 0.05) is 0 Å². The molecule has 0 aliphatic carbocycles. The maximum atomic E-state index is 12.2. The van der Waals surface area contributed by atoms with Gasteiger partial charge in [0.2, 0.25) is 5.91 Å². The van der Waals surface area contributed by atoms with Gasteiger partial charge in [0.25, 0.3) is 6.23 Å². The molecular formula is C19H18N2O4. The summed E-state index contributed by atoms with van der Waals surface area (Å²) >= 11 is 0. The molecular weight excluding hydrogens is 320 g/mol. The van der Waals surface area contributed by atoms with Crippen LogP contribution in [-0.2, 0) is 20.7 Å². The number of aryl methyl sites for hydroxylation is 1. The Labute approximate surface area is 146 Å². The Morgan fingerprint density at radius 2 is 1.76 bits per heavy atom. The van der Waals surface area contributed by atoms with E-state index in [0.717, 1.165) is 11.1 Å². The van der Waals surface area contributed by atoms with E-state index in [1.165, 1.54) is 7.11 Å². The summed E-state index contributed by atoms with van der Waals surface area (Å²) < 4.78 is 10.2. The summed E-state index contributed by atoms with van der Waals surface area (Å²) in [6, 6.07) is 15.7. The van der Waals surface area contributed by atoms with Crippen molar-refractivity contribution in [2.24, 2.45) is 0 Å². The molecule has 0 heterocycles. The number of carbonyl (C=O) groups is 2. The van der Waals surface area contributed by atoms with Gasteiger partial charge >= 0.3 is 5.97 Å². The maximum absolute atomic E-state index is 12.2. The number of benzene rings is 2. The summed E-state index contributed by atoms with van der Waals surface area (Å²) in [5, 5.41) is 11.3. The Hall–Kier alpha value is -3.33. The third-order valence-electron chi connectivity index (χ3n) is 3.43. The van der Waals surface area contributed by atoms with Gasteiger partial charge in [0.15, 0.2) is 0 Å². The molecule has 0 aromatic heterocycles. The Kier molecular flexibility index (Phi) is 6.13. The monoisotopic (exact) mass is 338 g/mol. The first-order valence-electron chi connectivity index (χ1n) is 7.61. The van der Waals surface area contributed by atoms with Crippen molar-refractivity contribution in [2.45, 2.75) is 19.6 Å². The van der Waals surface area contributed by atoms with E-state index in [-0.39, 0.29) is 6.42 Å². The van der Waals surface area contributed by atoms with E-state index in [9.17, 15) is 9.59 Å². The molecule has 2 rings (SSSR count). The van der Waals surface area contributed by atoms with Gasteiger partial charge in [-0.1, -0.05) is 29.8 Å². The SMILES string of the molecule is COC(=O)C(NC(=O)Cc1ccc(C#N)cc1)Oc1ccc(C)cc1. The molecule has 25 heavy (non-hydrogen) atoms. The van der Waals surface area contributed by atoms with Crippen molar-refractivity contribution in [1.82, 2.24) is 5.32 Å². The number of nitrogens with one attached hydrogen (secondary N) is 1. The Morgan fingerprint density at radius 3 is 2.32 bits per heavy atom. The number of hydrogen-bond donors (Lipinski definition) is 1. The van der Waals surface area contributed by atoms with Crippen LogP contribution in [-0.4, -0.2) is 25.2 Å². The molecule has 6 nitrogen and oxygen atoms in total. The van der Waals surface area contributed by atoms with Crippen molar-refractivity contribution < 1.29 is 19.1 Å². The van der Waals surface area contributed by atoms with Crippen molar-refractivity contribution in [3.8, 4) is 11.8 Å². The Balaban J connectivity index is 2.02. The highest BCUT2D eigenvalue weighted by Gasteiger charge is 2.23. The standard InChI is InChI=1S/C19H18N2O4/c1-13-3-9-16(10-4-13)25-18(19(23)24-2)21-17(22)11-14-5-7-15(12-20)8-6-14/h3-10,18H,11H2,1-2H3,(H,21,22). The van der Waals surface area contributed by atoms with Crippen LogP contribution in [0.15, 0.2) is 48.5 Å². The van der Waals surface area contributed by atoms with E-state index in [2.05, 4.69) is 10.1 Å². The first-order valence-corrected chi connectivity index (χ1v) is 7.61. The number of rotatable bonds is 6. The van der Waals surface area contributed by atoms with Crippen molar-refractivity contribution >= 4 is 11.9 Å². The second kappa shape index (κ2) is 8.50. The molecule has 128 valence electrons. The first-order chi connectivity index (χ1) is 12.0. The summed E-state index contributed by atoms with van der Waals surface area (Å²) in [6.45, 7) is 1.93. The van der Waals surface area contributed by atoms with Gasteiger partial charge in [-0.15, -0.1) is 0 Å². The Morgan fingerprint density at radius 1 is 1.12 bits per heavy atom. The van der Waals surface area contributed by atoms with Crippen LogP contribution in [0.1, 0.15) is 16.7 Å². The third-order valence-corrected chi connectivity index (χ3v) is 3.43. The number of nitriles is 1. The molecule has 0 bridgehead atoms. The lowest BCUT2D eigenvalue weighted by Crippen LogP contribution is -2.46. The molecule has 1 atom stereocenters. The molecule has 1 unspecified atom stereocenters. The van der Waals surface area contributed by atoms with Gasteiger partial charge in [0.1, 0.15) is 5.75 Å². The molecule has 1 N–H and O–H groups in total. The van der Waals surface area contributed by atoms with Crippen LogP contribution in [0.5, 0.6) is 5.75 Å². The summed E-state index contributed by atoms with van der Waals surface area (Å²) in [4.78, 5) is 24.0. The first kappa shape index (κ1) is 18.0. The molecule has 0 saturated carbocycles. The number of amides is 1. The molecule has 0 aliphatic heterocycles. The number of methoxy groups -OCH3 is 1. The number of ether oxygens (including phenoxy) is 2. The molecule has 0 radical (unpaired) electrons. The van der Waals surface area contributed by atoms with E-state index < -0.39 is 18.1 Å². The second-order valence-corrected chi connectivity index (χ2v) is 5.39. The highest BCUT2D eigenvalue weighted by molar-refractivity contribution is 5.85. The van der Waals surface area contributed by atoms with Crippen LogP contribution in [0.4, 0.5) is 0 Å². The number of hydrogen-bond acceptors (Lipinski definition) is 5. The highest BCUT2D eigenvalue weighted by atomic mass is 16.6. The fourth-order valence-corrected chi connectivity index (χ4v) is 2.08. The van der Waals surface area contributed by atoms with Crippen LogP contribution in [0, 0.1) is 18.3 Å². The lowest BCUT2D eigenvalue weighted by atomic mass is 10.1.